The van der Waals surface area contributed by atoms with E-state index in [9.17, 15) is 14.4 Å². The summed E-state index contributed by atoms with van der Waals surface area (Å²) in [5.74, 6) is -0.377. The molecule has 2 fully saturated rings. The van der Waals surface area contributed by atoms with Gasteiger partial charge in [-0.2, -0.15) is 0 Å². The van der Waals surface area contributed by atoms with Crippen LogP contribution in [0.25, 0.3) is 0 Å². The van der Waals surface area contributed by atoms with Crippen molar-refractivity contribution in [1.82, 2.24) is 10.2 Å². The highest BCUT2D eigenvalue weighted by Gasteiger charge is 2.77. The van der Waals surface area contributed by atoms with Crippen LogP contribution in [0.2, 0.25) is 0 Å². The molecule has 2 aromatic rings. The van der Waals surface area contributed by atoms with Crippen LogP contribution in [-0.4, -0.2) is 47.4 Å². The molecule has 0 saturated carbocycles. The first-order valence-corrected chi connectivity index (χ1v) is 10.1. The van der Waals surface area contributed by atoms with Crippen LogP contribution in [0, 0.1) is 0 Å². The number of fused-ring (bicyclic) bond motifs is 3. The number of carbonyl (C=O) groups is 3. The molecule has 2 saturated heterocycles. The van der Waals surface area contributed by atoms with Crippen molar-refractivity contribution in [3.05, 3.63) is 59.7 Å². The number of amides is 3. The molecule has 8 heteroatoms. The monoisotopic (exact) mass is 409 g/mol. The summed E-state index contributed by atoms with van der Waals surface area (Å²) in [4.78, 5) is 41.2. The van der Waals surface area contributed by atoms with E-state index in [-0.39, 0.29) is 11.8 Å². The van der Waals surface area contributed by atoms with Gasteiger partial charge in [0.1, 0.15) is 10.5 Å². The van der Waals surface area contributed by atoms with E-state index in [1.54, 1.807) is 7.11 Å². The summed E-state index contributed by atoms with van der Waals surface area (Å²) in [6.07, 6.45) is 0. The van der Waals surface area contributed by atoms with Crippen LogP contribution < -0.4 is 15.4 Å². The second kappa shape index (κ2) is 6.08. The number of carbonyl (C=O) groups excluding carboxylic acids is 3. The third-order valence-corrected chi connectivity index (χ3v) is 7.65. The van der Waals surface area contributed by atoms with Gasteiger partial charge >= 0.3 is 0 Å². The molecule has 0 radical (unpaired) electrons. The molecular weight excluding hydrogens is 390 g/mol. The fourth-order valence-electron chi connectivity index (χ4n) is 5.11. The van der Waals surface area contributed by atoms with E-state index in [0.29, 0.717) is 18.0 Å². The number of nitrogens with zero attached hydrogens (tertiary/aromatic N) is 1. The third-order valence-electron chi connectivity index (χ3n) is 6.28. The highest BCUT2D eigenvalue weighted by atomic mass is 32.2. The Morgan fingerprint density at radius 2 is 1.76 bits per heavy atom. The largest absolute Gasteiger partial charge is 0.497 e. The maximum absolute atomic E-state index is 13.5. The third kappa shape index (κ3) is 2.10. The lowest BCUT2D eigenvalue weighted by Crippen LogP contribution is -2.61. The first-order valence-electron chi connectivity index (χ1n) is 9.25. The molecule has 7 nitrogen and oxygen atoms in total. The number of likely N-dealkylation sites (N-methyl/N-ethyl adjacent to an activating group) is 1. The molecule has 0 unspecified atom stereocenters. The Morgan fingerprint density at radius 3 is 2.41 bits per heavy atom. The van der Waals surface area contributed by atoms with Gasteiger partial charge in [-0.25, -0.2) is 0 Å². The first-order chi connectivity index (χ1) is 13.9. The van der Waals surface area contributed by atoms with Crippen LogP contribution >= 0.6 is 11.8 Å². The summed E-state index contributed by atoms with van der Waals surface area (Å²) >= 11 is 0.930. The number of thioether (sulfide) groups is 1. The highest BCUT2D eigenvalue weighted by Crippen LogP contribution is 2.64. The minimum Gasteiger partial charge on any atom is -0.497 e. The summed E-state index contributed by atoms with van der Waals surface area (Å²) < 4.78 is 3.94. The Labute approximate surface area is 171 Å². The highest BCUT2D eigenvalue weighted by molar-refractivity contribution is 8.16. The molecule has 2 spiro atoms. The van der Waals surface area contributed by atoms with Crippen LogP contribution in [-0.2, 0) is 15.1 Å². The van der Waals surface area contributed by atoms with Crippen molar-refractivity contribution in [2.45, 2.75) is 16.2 Å². The molecule has 3 atom stereocenters. The van der Waals surface area contributed by atoms with E-state index >= 15 is 0 Å². The van der Waals surface area contributed by atoms with Crippen LogP contribution in [0.1, 0.15) is 17.0 Å². The van der Waals surface area contributed by atoms with Gasteiger partial charge in [0.25, 0.3) is 11.1 Å². The lowest BCUT2D eigenvalue weighted by atomic mass is 9.72. The Bertz CT molecular complexity index is 1060. The normalized spacial score (nSPS) is 30.7. The fraction of sp³-hybridized carbons (Fsp3) is 0.286. The number of ether oxygens (including phenoxy) is 1. The molecule has 5 rings (SSSR count). The maximum Gasteiger partial charge on any atom is 0.286 e. The molecule has 148 valence electrons. The van der Waals surface area contributed by atoms with Gasteiger partial charge in [0.15, 0.2) is 5.54 Å². The van der Waals surface area contributed by atoms with Gasteiger partial charge in [-0.1, -0.05) is 30.3 Å². The second-order valence-corrected chi connectivity index (χ2v) is 8.71. The van der Waals surface area contributed by atoms with Crippen molar-refractivity contribution in [2.75, 3.05) is 26.0 Å². The summed E-state index contributed by atoms with van der Waals surface area (Å²) in [5, 5.41) is 4.95. The molecular formula is C21H19N3O4S. The van der Waals surface area contributed by atoms with E-state index < -0.39 is 21.4 Å². The molecule has 29 heavy (non-hydrogen) atoms. The van der Waals surface area contributed by atoms with Crippen LogP contribution in [0.5, 0.6) is 5.75 Å². The zero-order chi connectivity index (χ0) is 20.4. The zero-order valence-corrected chi connectivity index (χ0v) is 16.7. The summed E-state index contributed by atoms with van der Waals surface area (Å²) in [6, 6.07) is 14.8. The first kappa shape index (κ1) is 18.2. The quantitative estimate of drug-likeness (QED) is 0.791. The predicted octanol–water partition coefficient (Wildman–Crippen LogP) is 2.29. The number of likely N-dealkylation sites (tertiary alicyclic amines) is 1. The molecule has 0 bridgehead atoms. The van der Waals surface area contributed by atoms with Gasteiger partial charge in [-0.05, 0) is 42.6 Å². The van der Waals surface area contributed by atoms with E-state index in [1.165, 1.54) is 0 Å². The average molecular weight is 409 g/mol. The Kier molecular flexibility index (Phi) is 3.81. The molecule has 0 aromatic heterocycles. The minimum atomic E-state index is -1.32. The number of rotatable bonds is 2. The van der Waals surface area contributed by atoms with Crippen molar-refractivity contribution < 1.29 is 19.1 Å². The summed E-state index contributed by atoms with van der Waals surface area (Å²) in [6.45, 7) is 0.446. The summed E-state index contributed by atoms with van der Waals surface area (Å²) in [7, 11) is 3.43. The lowest BCUT2D eigenvalue weighted by Gasteiger charge is -2.41. The van der Waals surface area contributed by atoms with Gasteiger partial charge in [0.05, 0.1) is 7.11 Å². The van der Waals surface area contributed by atoms with Crippen LogP contribution in [0.4, 0.5) is 10.5 Å². The number of imide groups is 1. The Morgan fingerprint density at radius 1 is 1.03 bits per heavy atom. The van der Waals surface area contributed by atoms with Crippen molar-refractivity contribution >= 4 is 34.5 Å². The second-order valence-electron chi connectivity index (χ2n) is 7.50. The number of para-hydroxylation sites is 1. The number of methoxy groups -OCH3 is 1. The van der Waals surface area contributed by atoms with E-state index in [2.05, 4.69) is 10.6 Å². The average Bonchev–Trinajstić information content (AvgIpc) is 3.28. The molecule has 2 N–H and O–H groups in total. The van der Waals surface area contributed by atoms with E-state index in [4.69, 9.17) is 4.74 Å². The molecule has 0 aliphatic carbocycles. The number of hydrogen-bond acceptors (Lipinski definition) is 6. The van der Waals surface area contributed by atoms with E-state index in [0.717, 1.165) is 22.9 Å². The van der Waals surface area contributed by atoms with Crippen LogP contribution in [0.3, 0.4) is 0 Å². The Balaban J connectivity index is 1.77. The standard InChI is InChI=1S/C21H19N3O4S/c1-24-11-15(12-7-9-13(28-2)10-8-12)21(18(26)23-19(27)29-21)20(24)14-5-3-4-6-16(14)22-17(20)25/h3-10,15H,11H2,1-2H3,(H,22,25)(H,23,26,27)/t15-,20+,21-/m0/s1. The maximum atomic E-state index is 13.5. The number of hydrogen-bond donors (Lipinski definition) is 2. The molecule has 2 aromatic carbocycles. The predicted molar refractivity (Wildman–Crippen MR) is 109 cm³/mol. The minimum absolute atomic E-state index is 0.283. The smallest absolute Gasteiger partial charge is 0.286 e. The van der Waals surface area contributed by atoms with Gasteiger partial charge in [-0.3, -0.25) is 24.6 Å². The SMILES string of the molecule is COc1ccc([C@@H]2CN(C)[C@]3(C(=O)Nc4ccccc43)[C@]23SC(=O)NC3=O)cc1. The van der Waals surface area contributed by atoms with Gasteiger partial charge in [0.2, 0.25) is 5.91 Å². The number of nitrogens with one attached hydrogen (secondary N) is 2. The Hall–Kier alpha value is -2.84. The summed E-state index contributed by atoms with van der Waals surface area (Å²) in [5.41, 5.74) is 0.992. The fourth-order valence-corrected chi connectivity index (χ4v) is 6.55. The lowest BCUT2D eigenvalue weighted by molar-refractivity contribution is -0.133. The van der Waals surface area contributed by atoms with Gasteiger partial charge in [-0.15, -0.1) is 0 Å². The zero-order valence-electron chi connectivity index (χ0n) is 15.9. The molecule has 3 amide bonds. The van der Waals surface area contributed by atoms with E-state index in [1.807, 2.05) is 60.5 Å². The van der Waals surface area contributed by atoms with Crippen molar-refractivity contribution in [2.24, 2.45) is 0 Å². The van der Waals surface area contributed by atoms with Gasteiger partial charge < -0.3 is 10.1 Å². The van der Waals surface area contributed by atoms with Gasteiger partial charge in [0, 0.05) is 23.7 Å². The molecule has 3 aliphatic rings. The van der Waals surface area contributed by atoms with Crippen LogP contribution in [0.15, 0.2) is 48.5 Å². The van der Waals surface area contributed by atoms with Crippen molar-refractivity contribution in [1.29, 1.82) is 0 Å². The van der Waals surface area contributed by atoms with Crippen molar-refractivity contribution in [3.8, 4) is 5.75 Å². The molecule has 3 aliphatic heterocycles. The van der Waals surface area contributed by atoms with Crippen molar-refractivity contribution in [3.63, 3.8) is 0 Å². The molecule has 3 heterocycles. The topological polar surface area (TPSA) is 87.7 Å². The number of benzene rings is 2. The number of anilines is 1.